The average molecular weight is 290 g/mol. The zero-order valence-corrected chi connectivity index (χ0v) is 11.0. The predicted octanol–water partition coefficient (Wildman–Crippen LogP) is 1.29. The maximum Gasteiger partial charge on any atom is 0.433 e. The molecule has 2 rings (SSSR count). The molecule has 0 aromatic carbocycles. The quantitative estimate of drug-likeness (QED) is 0.573. The van der Waals surface area contributed by atoms with Gasteiger partial charge in [-0.25, -0.2) is 10.8 Å². The van der Waals surface area contributed by atoms with Crippen LogP contribution in [0.5, 0.6) is 0 Å². The second-order valence-electron chi connectivity index (χ2n) is 4.76. The highest BCUT2D eigenvalue weighted by Gasteiger charge is 2.33. The molecule has 1 aromatic heterocycles. The third-order valence-corrected chi connectivity index (χ3v) is 3.34. The number of hydrazine groups is 1. The summed E-state index contributed by atoms with van der Waals surface area (Å²) < 4.78 is 38.1. The smallest absolute Gasteiger partial charge is 0.368 e. The molecule has 2 heterocycles. The number of nitrogen functional groups attached to an aromatic ring is 1. The van der Waals surface area contributed by atoms with Crippen molar-refractivity contribution in [2.45, 2.75) is 25.1 Å². The molecule has 0 aliphatic carbocycles. The fourth-order valence-corrected chi connectivity index (χ4v) is 2.21. The lowest BCUT2D eigenvalue weighted by Crippen LogP contribution is -2.32. The molecule has 1 aliphatic rings. The Labute approximate surface area is 114 Å². The second kappa shape index (κ2) is 5.80. The number of anilines is 2. The van der Waals surface area contributed by atoms with Gasteiger partial charge in [-0.1, -0.05) is 0 Å². The van der Waals surface area contributed by atoms with Gasteiger partial charge in [0.15, 0.2) is 5.69 Å². The third-order valence-electron chi connectivity index (χ3n) is 3.34. The summed E-state index contributed by atoms with van der Waals surface area (Å²) in [6.07, 6.45) is -2.42. The first kappa shape index (κ1) is 14.8. The zero-order chi connectivity index (χ0) is 14.8. The van der Waals surface area contributed by atoms with Gasteiger partial charge in [-0.3, -0.25) is 5.43 Å². The highest BCUT2D eigenvalue weighted by atomic mass is 19.4. The summed E-state index contributed by atoms with van der Waals surface area (Å²) in [4.78, 5) is 9.34. The van der Waals surface area contributed by atoms with Crippen LogP contribution in [0.3, 0.4) is 0 Å². The average Bonchev–Trinajstić information content (AvgIpc) is 2.80. The number of halogens is 3. The van der Waals surface area contributed by atoms with Gasteiger partial charge in [0.25, 0.3) is 0 Å². The molecule has 1 saturated heterocycles. The van der Waals surface area contributed by atoms with Crippen molar-refractivity contribution in [3.05, 3.63) is 11.8 Å². The minimum absolute atomic E-state index is 0.112. The molecule has 1 atom stereocenters. The lowest BCUT2D eigenvalue weighted by molar-refractivity contribution is -0.141. The van der Waals surface area contributed by atoms with E-state index in [4.69, 9.17) is 5.84 Å². The molecule has 0 spiro atoms. The second-order valence-corrected chi connectivity index (χ2v) is 4.76. The van der Waals surface area contributed by atoms with Gasteiger partial charge in [0.2, 0.25) is 5.95 Å². The van der Waals surface area contributed by atoms with E-state index in [1.807, 2.05) is 12.5 Å². The summed E-state index contributed by atoms with van der Waals surface area (Å²) in [5.74, 6) is 4.94. The molecule has 4 N–H and O–H groups in total. The highest BCUT2D eigenvalue weighted by molar-refractivity contribution is 5.42. The summed E-state index contributed by atoms with van der Waals surface area (Å²) in [7, 11) is 1.99. The fourth-order valence-electron chi connectivity index (χ4n) is 2.21. The number of alkyl halides is 3. The van der Waals surface area contributed by atoms with E-state index in [9.17, 15) is 13.2 Å². The Hall–Kier alpha value is -1.61. The number of nitrogens with two attached hydrogens (primary N) is 1. The number of hydrogen-bond donors (Lipinski definition) is 3. The van der Waals surface area contributed by atoms with Crippen molar-refractivity contribution in [3.8, 4) is 0 Å². The molecule has 20 heavy (non-hydrogen) atoms. The molecule has 1 aromatic rings. The lowest BCUT2D eigenvalue weighted by atomic mass is 10.2. The van der Waals surface area contributed by atoms with Crippen LogP contribution in [-0.2, 0) is 6.18 Å². The molecular formula is C11H17F3N6. The maximum absolute atomic E-state index is 12.7. The summed E-state index contributed by atoms with van der Waals surface area (Å²) in [5.41, 5.74) is 1.02. The monoisotopic (exact) mass is 290 g/mol. The van der Waals surface area contributed by atoms with E-state index in [1.54, 1.807) is 0 Å². The first-order valence-electron chi connectivity index (χ1n) is 6.27. The largest absolute Gasteiger partial charge is 0.433 e. The number of hydrogen-bond acceptors (Lipinski definition) is 6. The summed E-state index contributed by atoms with van der Waals surface area (Å²) in [6.45, 7) is 1.54. The Balaban J connectivity index is 2.10. The van der Waals surface area contributed by atoms with Gasteiger partial charge < -0.3 is 10.2 Å². The topological polar surface area (TPSA) is 79.1 Å². The van der Waals surface area contributed by atoms with E-state index in [0.717, 1.165) is 25.5 Å². The molecule has 1 unspecified atom stereocenters. The molecule has 1 fully saturated rings. The van der Waals surface area contributed by atoms with Crippen molar-refractivity contribution in [2.75, 3.05) is 30.9 Å². The van der Waals surface area contributed by atoms with Gasteiger partial charge in [-0.15, -0.1) is 0 Å². The first-order chi connectivity index (χ1) is 9.40. The minimum atomic E-state index is -4.53. The molecule has 9 heteroatoms. The van der Waals surface area contributed by atoms with E-state index in [-0.39, 0.29) is 11.8 Å². The number of nitrogens with one attached hydrogen (secondary N) is 2. The van der Waals surface area contributed by atoms with Gasteiger partial charge >= 0.3 is 6.18 Å². The Morgan fingerprint density at radius 3 is 2.75 bits per heavy atom. The van der Waals surface area contributed by atoms with Crippen molar-refractivity contribution in [1.29, 1.82) is 0 Å². The van der Waals surface area contributed by atoms with Gasteiger partial charge in [0.1, 0.15) is 5.82 Å². The number of nitrogens with zero attached hydrogens (tertiary/aromatic N) is 3. The summed E-state index contributed by atoms with van der Waals surface area (Å²) in [5, 5.41) is 2.92. The summed E-state index contributed by atoms with van der Waals surface area (Å²) >= 11 is 0. The first-order valence-corrected chi connectivity index (χ1v) is 6.27. The Morgan fingerprint density at radius 2 is 2.20 bits per heavy atom. The van der Waals surface area contributed by atoms with Gasteiger partial charge in [-0.2, -0.15) is 18.2 Å². The van der Waals surface area contributed by atoms with Crippen molar-refractivity contribution in [1.82, 2.24) is 14.9 Å². The number of likely N-dealkylation sites (tertiary alicyclic amines) is 1. The molecule has 0 amide bonds. The minimum Gasteiger partial charge on any atom is -0.368 e. The van der Waals surface area contributed by atoms with E-state index in [2.05, 4.69) is 20.2 Å². The SMILES string of the molecule is CN1CCCC1CNc1cc(C(F)(F)F)nc(NN)n1. The zero-order valence-electron chi connectivity index (χ0n) is 11.0. The van der Waals surface area contributed by atoms with E-state index in [0.29, 0.717) is 12.6 Å². The normalized spacial score (nSPS) is 20.1. The van der Waals surface area contributed by atoms with Crippen molar-refractivity contribution in [2.24, 2.45) is 5.84 Å². The van der Waals surface area contributed by atoms with Crippen LogP contribution in [0, 0.1) is 0 Å². The van der Waals surface area contributed by atoms with Crippen LogP contribution in [-0.4, -0.2) is 41.0 Å². The van der Waals surface area contributed by atoms with E-state index in [1.165, 1.54) is 0 Å². The van der Waals surface area contributed by atoms with Gasteiger partial charge in [0, 0.05) is 18.7 Å². The molecular weight excluding hydrogens is 273 g/mol. The molecule has 112 valence electrons. The number of rotatable bonds is 4. The van der Waals surface area contributed by atoms with Crippen LogP contribution in [0.1, 0.15) is 18.5 Å². The highest BCUT2D eigenvalue weighted by Crippen LogP contribution is 2.29. The maximum atomic E-state index is 12.7. The third kappa shape index (κ3) is 3.48. The van der Waals surface area contributed by atoms with Gasteiger partial charge in [-0.05, 0) is 26.4 Å². The summed E-state index contributed by atoms with van der Waals surface area (Å²) in [6, 6.07) is 1.18. The molecule has 6 nitrogen and oxygen atoms in total. The van der Waals surface area contributed by atoms with Crippen molar-refractivity contribution >= 4 is 11.8 Å². The van der Waals surface area contributed by atoms with Crippen LogP contribution in [0.2, 0.25) is 0 Å². The van der Waals surface area contributed by atoms with Crippen LogP contribution >= 0.6 is 0 Å². The van der Waals surface area contributed by atoms with Crippen LogP contribution < -0.4 is 16.6 Å². The number of likely N-dealkylation sites (N-methyl/N-ethyl adjacent to an activating group) is 1. The molecule has 0 radical (unpaired) electrons. The Bertz CT molecular complexity index is 464. The van der Waals surface area contributed by atoms with Crippen LogP contribution in [0.15, 0.2) is 6.07 Å². The van der Waals surface area contributed by atoms with E-state index < -0.39 is 11.9 Å². The van der Waals surface area contributed by atoms with Crippen molar-refractivity contribution in [3.63, 3.8) is 0 Å². The Morgan fingerprint density at radius 1 is 1.45 bits per heavy atom. The molecule has 0 saturated carbocycles. The number of aromatic nitrogens is 2. The predicted molar refractivity (Wildman–Crippen MR) is 69.0 cm³/mol. The Kier molecular flexibility index (Phi) is 4.29. The molecule has 0 bridgehead atoms. The van der Waals surface area contributed by atoms with Crippen LogP contribution in [0.25, 0.3) is 0 Å². The standard InChI is InChI=1S/C11H17F3N6/c1-20-4-2-3-7(20)6-16-9-5-8(11(12,13)14)17-10(18-9)19-15/h5,7H,2-4,6,15H2,1H3,(H2,16,17,18,19). The van der Waals surface area contributed by atoms with Crippen molar-refractivity contribution < 1.29 is 13.2 Å². The molecule has 1 aliphatic heterocycles. The lowest BCUT2D eigenvalue weighted by Gasteiger charge is -2.20. The van der Waals surface area contributed by atoms with Gasteiger partial charge in [0.05, 0.1) is 0 Å². The van der Waals surface area contributed by atoms with Crippen LogP contribution in [0.4, 0.5) is 24.9 Å². The van der Waals surface area contributed by atoms with E-state index >= 15 is 0 Å². The fraction of sp³-hybridized carbons (Fsp3) is 0.636.